The first-order chi connectivity index (χ1) is 14.0. The number of fused-ring (bicyclic) bond motifs is 1. The first-order valence-corrected chi connectivity index (χ1v) is 10.9. The fourth-order valence-corrected chi connectivity index (χ4v) is 4.67. The van der Waals surface area contributed by atoms with E-state index in [0.29, 0.717) is 17.7 Å². The molecule has 0 spiro atoms. The quantitative estimate of drug-likeness (QED) is 0.233. The molecule has 150 valence electrons. The van der Waals surface area contributed by atoms with E-state index in [2.05, 4.69) is 10.3 Å². The van der Waals surface area contributed by atoms with Crippen molar-refractivity contribution in [2.24, 2.45) is 0 Å². The summed E-state index contributed by atoms with van der Waals surface area (Å²) in [7, 11) is 0. The summed E-state index contributed by atoms with van der Waals surface area (Å²) in [5.74, 6) is -0.308. The molecular formula is C21H20N2O4S2. The van der Waals surface area contributed by atoms with Gasteiger partial charge in [0.2, 0.25) is 0 Å². The van der Waals surface area contributed by atoms with Gasteiger partial charge in [0, 0.05) is 17.7 Å². The van der Waals surface area contributed by atoms with E-state index >= 15 is 0 Å². The third-order valence-corrected chi connectivity index (χ3v) is 6.24. The molecule has 0 radical (unpaired) electrons. The third-order valence-electron chi connectivity index (χ3n) is 3.97. The zero-order valence-electron chi connectivity index (χ0n) is 15.8. The molecule has 0 aliphatic carbocycles. The molecule has 1 aromatic heterocycles. The van der Waals surface area contributed by atoms with Crippen molar-refractivity contribution in [3.63, 3.8) is 0 Å². The fourth-order valence-electron chi connectivity index (χ4n) is 2.59. The number of carbonyl (C=O) groups is 3. The molecule has 0 aliphatic heterocycles. The van der Waals surface area contributed by atoms with Crippen molar-refractivity contribution in [3.8, 4) is 0 Å². The Labute approximate surface area is 176 Å². The molecule has 8 heteroatoms. The summed E-state index contributed by atoms with van der Waals surface area (Å²) < 4.78 is 7.14. The van der Waals surface area contributed by atoms with Crippen molar-refractivity contribution in [2.45, 2.75) is 24.1 Å². The van der Waals surface area contributed by atoms with Crippen LogP contribution in [0.3, 0.4) is 0 Å². The molecule has 0 bridgehead atoms. The van der Waals surface area contributed by atoms with Crippen molar-refractivity contribution in [1.82, 2.24) is 4.98 Å². The Morgan fingerprint density at radius 3 is 2.66 bits per heavy atom. The van der Waals surface area contributed by atoms with E-state index in [0.717, 1.165) is 20.3 Å². The molecule has 29 heavy (non-hydrogen) atoms. The number of ketones is 1. The highest BCUT2D eigenvalue weighted by Crippen LogP contribution is 2.29. The van der Waals surface area contributed by atoms with Crippen LogP contribution >= 0.6 is 23.1 Å². The maximum absolute atomic E-state index is 12.0. The van der Waals surface area contributed by atoms with Crippen molar-refractivity contribution >= 4 is 56.7 Å². The lowest BCUT2D eigenvalue weighted by molar-refractivity contribution is -0.147. The average molecular weight is 429 g/mol. The minimum atomic E-state index is -0.476. The van der Waals surface area contributed by atoms with Gasteiger partial charge >= 0.3 is 5.97 Å². The van der Waals surface area contributed by atoms with Crippen LogP contribution in [0.25, 0.3) is 10.2 Å². The monoisotopic (exact) mass is 428 g/mol. The lowest BCUT2D eigenvalue weighted by atomic mass is 10.1. The van der Waals surface area contributed by atoms with E-state index in [1.165, 1.54) is 6.92 Å². The van der Waals surface area contributed by atoms with Crippen LogP contribution in [-0.4, -0.2) is 35.0 Å². The van der Waals surface area contributed by atoms with Crippen molar-refractivity contribution in [3.05, 3.63) is 54.1 Å². The summed E-state index contributed by atoms with van der Waals surface area (Å²) >= 11 is 3.24. The zero-order chi connectivity index (χ0) is 20.6. The smallest absolute Gasteiger partial charge is 0.306 e. The van der Waals surface area contributed by atoms with Crippen LogP contribution in [0.4, 0.5) is 5.69 Å². The van der Waals surface area contributed by atoms with Gasteiger partial charge < -0.3 is 10.1 Å². The first-order valence-electron chi connectivity index (χ1n) is 9.07. The van der Waals surface area contributed by atoms with E-state index in [1.807, 2.05) is 24.3 Å². The van der Waals surface area contributed by atoms with Gasteiger partial charge in [0.05, 0.1) is 15.9 Å². The normalized spacial score (nSPS) is 10.7. The van der Waals surface area contributed by atoms with Gasteiger partial charge in [-0.3, -0.25) is 14.4 Å². The minimum Gasteiger partial charge on any atom is -0.456 e. The second-order valence-electron chi connectivity index (χ2n) is 6.21. The van der Waals surface area contributed by atoms with Crippen LogP contribution in [0.5, 0.6) is 0 Å². The number of para-hydroxylation sites is 2. The summed E-state index contributed by atoms with van der Waals surface area (Å²) in [6.45, 7) is 1.05. The lowest BCUT2D eigenvalue weighted by Gasteiger charge is -2.09. The topological polar surface area (TPSA) is 85.4 Å². The van der Waals surface area contributed by atoms with Gasteiger partial charge in [0.25, 0.3) is 5.91 Å². The van der Waals surface area contributed by atoms with Crippen LogP contribution in [-0.2, 0) is 14.3 Å². The Morgan fingerprint density at radius 1 is 1.10 bits per heavy atom. The zero-order valence-corrected chi connectivity index (χ0v) is 17.5. The second-order valence-corrected chi connectivity index (χ2v) is 8.58. The number of thiazole rings is 1. The molecule has 0 fully saturated rings. The number of benzene rings is 2. The van der Waals surface area contributed by atoms with E-state index < -0.39 is 11.9 Å². The number of hydrogen-bond acceptors (Lipinski definition) is 7. The van der Waals surface area contributed by atoms with Crippen molar-refractivity contribution in [1.29, 1.82) is 0 Å². The average Bonchev–Trinajstić information content (AvgIpc) is 3.13. The standard InChI is InChI=1S/C21H20N2O4S2/c1-14(24)15-7-2-3-8-16(15)22-19(25)13-27-20(26)11-6-12-28-21-23-17-9-4-5-10-18(17)29-21/h2-5,7-10H,6,11-13H2,1H3,(H,22,25). The number of thioether (sulfide) groups is 1. The summed E-state index contributed by atoms with van der Waals surface area (Å²) in [5, 5.41) is 2.60. The van der Waals surface area contributed by atoms with Gasteiger partial charge in [0.1, 0.15) is 0 Å². The molecule has 0 aliphatic rings. The molecule has 2 aromatic carbocycles. The molecule has 3 rings (SSSR count). The maximum atomic E-state index is 12.0. The van der Waals surface area contributed by atoms with Gasteiger partial charge in [-0.05, 0) is 37.6 Å². The number of carbonyl (C=O) groups excluding carboxylic acids is 3. The third kappa shape index (κ3) is 6.13. The van der Waals surface area contributed by atoms with Gasteiger partial charge in [-0.15, -0.1) is 11.3 Å². The number of nitrogens with zero attached hydrogens (tertiary/aromatic N) is 1. The predicted octanol–water partition coefficient (Wildman–Crippen LogP) is 4.55. The SMILES string of the molecule is CC(=O)c1ccccc1NC(=O)COC(=O)CCCSc1nc2ccccc2s1. The molecule has 0 saturated carbocycles. The molecule has 0 saturated heterocycles. The molecule has 1 amide bonds. The van der Waals surface area contributed by atoms with Crippen LogP contribution in [0, 0.1) is 0 Å². The van der Waals surface area contributed by atoms with Crippen molar-refractivity contribution in [2.75, 3.05) is 17.7 Å². The number of amides is 1. The predicted molar refractivity (Wildman–Crippen MR) is 116 cm³/mol. The first kappa shape index (κ1) is 21.0. The number of Topliss-reactive ketones (excluding diaryl/α,β-unsaturated/α-hetero) is 1. The van der Waals surface area contributed by atoms with Gasteiger partial charge in [0.15, 0.2) is 16.7 Å². The van der Waals surface area contributed by atoms with E-state index in [4.69, 9.17) is 4.74 Å². The fraction of sp³-hybridized carbons (Fsp3) is 0.238. The maximum Gasteiger partial charge on any atom is 0.306 e. The number of esters is 1. The number of hydrogen-bond donors (Lipinski definition) is 1. The van der Waals surface area contributed by atoms with Crippen LogP contribution in [0.2, 0.25) is 0 Å². The molecule has 0 unspecified atom stereocenters. The Balaban J connectivity index is 1.36. The lowest BCUT2D eigenvalue weighted by Crippen LogP contribution is -2.21. The van der Waals surface area contributed by atoms with Crippen LogP contribution < -0.4 is 5.32 Å². The highest BCUT2D eigenvalue weighted by Gasteiger charge is 2.12. The largest absolute Gasteiger partial charge is 0.456 e. The Bertz CT molecular complexity index is 999. The molecular weight excluding hydrogens is 408 g/mol. The summed E-state index contributed by atoms with van der Waals surface area (Å²) in [6.07, 6.45) is 0.865. The number of anilines is 1. The molecule has 6 nitrogen and oxygen atoms in total. The second kappa shape index (κ2) is 10.2. The highest BCUT2D eigenvalue weighted by molar-refractivity contribution is 8.01. The van der Waals surface area contributed by atoms with Gasteiger partial charge in [-0.25, -0.2) is 4.98 Å². The van der Waals surface area contributed by atoms with Crippen molar-refractivity contribution < 1.29 is 19.1 Å². The molecule has 1 N–H and O–H groups in total. The summed E-state index contributed by atoms with van der Waals surface area (Å²) in [4.78, 5) is 39.9. The van der Waals surface area contributed by atoms with Crippen LogP contribution in [0.1, 0.15) is 30.1 Å². The number of ether oxygens (including phenoxy) is 1. The van der Waals surface area contributed by atoms with Gasteiger partial charge in [-0.2, -0.15) is 0 Å². The Kier molecular flexibility index (Phi) is 7.37. The summed E-state index contributed by atoms with van der Waals surface area (Å²) in [5.41, 5.74) is 1.81. The highest BCUT2D eigenvalue weighted by atomic mass is 32.2. The Morgan fingerprint density at radius 2 is 1.86 bits per heavy atom. The van der Waals surface area contributed by atoms with E-state index in [9.17, 15) is 14.4 Å². The molecule has 1 heterocycles. The van der Waals surface area contributed by atoms with Crippen LogP contribution in [0.15, 0.2) is 52.9 Å². The van der Waals surface area contributed by atoms with E-state index in [1.54, 1.807) is 47.4 Å². The molecule has 3 aromatic rings. The number of rotatable bonds is 9. The molecule has 0 atom stereocenters. The van der Waals surface area contributed by atoms with E-state index in [-0.39, 0.29) is 18.8 Å². The minimum absolute atomic E-state index is 0.150. The summed E-state index contributed by atoms with van der Waals surface area (Å²) in [6, 6.07) is 14.7. The number of nitrogens with one attached hydrogen (secondary N) is 1. The van der Waals surface area contributed by atoms with Gasteiger partial charge in [-0.1, -0.05) is 36.0 Å². The number of aromatic nitrogens is 1. The Hall–Kier alpha value is -2.71.